The van der Waals surface area contributed by atoms with Gasteiger partial charge in [0.15, 0.2) is 0 Å². The maximum Gasteiger partial charge on any atom is 0.239 e. The van der Waals surface area contributed by atoms with E-state index in [-0.39, 0.29) is 30.3 Å². The molecule has 0 radical (unpaired) electrons. The van der Waals surface area contributed by atoms with Gasteiger partial charge in [0.05, 0.1) is 10.0 Å². The molecular weight excluding hydrogens is 373 g/mol. The average molecular weight is 393 g/mol. The largest absolute Gasteiger partial charge is 0.337 e. The number of benzene rings is 1. The maximum absolute atomic E-state index is 12.7. The van der Waals surface area contributed by atoms with Crippen LogP contribution in [0.4, 0.5) is 5.69 Å². The molecule has 0 spiro atoms. The lowest BCUT2D eigenvalue weighted by Crippen LogP contribution is -2.54. The number of halogens is 3. The van der Waals surface area contributed by atoms with Crippen molar-refractivity contribution in [3.63, 3.8) is 0 Å². The highest BCUT2D eigenvalue weighted by molar-refractivity contribution is 6.42. The van der Waals surface area contributed by atoms with Crippen LogP contribution in [0.25, 0.3) is 0 Å². The van der Waals surface area contributed by atoms with Gasteiger partial charge in [-0.15, -0.1) is 12.4 Å². The van der Waals surface area contributed by atoms with Crippen molar-refractivity contribution < 1.29 is 9.59 Å². The number of anilines is 1. The molecular formula is C16H20Cl3N3O2. The quantitative estimate of drug-likeness (QED) is 0.787. The molecule has 1 aromatic carbocycles. The zero-order valence-electron chi connectivity index (χ0n) is 13.3. The van der Waals surface area contributed by atoms with Crippen LogP contribution in [0.15, 0.2) is 18.2 Å². The standard InChI is InChI=1S/C16H19Cl2N3O2.ClH/c1-10-9-19-5-7-20(10)15(22)12-4-6-21(16(12)23)11-2-3-13(17)14(18)8-11;/h2-3,8,10,12,19H,4-7,9H2,1H3;1H. The first-order valence-electron chi connectivity index (χ1n) is 7.76. The van der Waals surface area contributed by atoms with Crippen LogP contribution < -0.4 is 10.2 Å². The molecule has 2 atom stereocenters. The molecule has 2 heterocycles. The topological polar surface area (TPSA) is 52.7 Å². The van der Waals surface area contributed by atoms with Crippen molar-refractivity contribution in [1.82, 2.24) is 10.2 Å². The summed E-state index contributed by atoms with van der Waals surface area (Å²) >= 11 is 11.9. The van der Waals surface area contributed by atoms with Crippen LogP contribution in [0.2, 0.25) is 10.0 Å². The summed E-state index contributed by atoms with van der Waals surface area (Å²) in [6.07, 6.45) is 0.536. The molecule has 8 heteroatoms. The van der Waals surface area contributed by atoms with Gasteiger partial charge in [-0.2, -0.15) is 0 Å². The molecule has 2 aliphatic rings. The van der Waals surface area contributed by atoms with E-state index in [1.165, 1.54) is 0 Å². The molecule has 0 saturated carbocycles. The van der Waals surface area contributed by atoms with Crippen LogP contribution in [0.1, 0.15) is 13.3 Å². The Labute approximate surface area is 157 Å². The first-order chi connectivity index (χ1) is 11.0. The molecule has 2 aliphatic heterocycles. The van der Waals surface area contributed by atoms with Gasteiger partial charge in [-0.3, -0.25) is 9.59 Å². The van der Waals surface area contributed by atoms with Crippen LogP contribution >= 0.6 is 35.6 Å². The summed E-state index contributed by atoms with van der Waals surface area (Å²) in [6.45, 7) is 4.71. The zero-order chi connectivity index (χ0) is 16.6. The Hall–Kier alpha value is -1.01. The fourth-order valence-corrected chi connectivity index (χ4v) is 3.48. The third-order valence-electron chi connectivity index (χ3n) is 4.50. The van der Waals surface area contributed by atoms with Crippen molar-refractivity contribution >= 4 is 53.1 Å². The second-order valence-electron chi connectivity index (χ2n) is 6.01. The molecule has 0 aromatic heterocycles. The molecule has 0 aliphatic carbocycles. The van der Waals surface area contributed by atoms with E-state index in [1.54, 1.807) is 23.1 Å². The van der Waals surface area contributed by atoms with E-state index in [1.807, 2.05) is 11.8 Å². The van der Waals surface area contributed by atoms with Crippen LogP contribution in [-0.2, 0) is 9.59 Å². The van der Waals surface area contributed by atoms with Crippen molar-refractivity contribution in [2.45, 2.75) is 19.4 Å². The monoisotopic (exact) mass is 391 g/mol. The predicted molar refractivity (Wildman–Crippen MR) is 98.2 cm³/mol. The van der Waals surface area contributed by atoms with Gasteiger partial charge in [0.1, 0.15) is 5.92 Å². The zero-order valence-corrected chi connectivity index (χ0v) is 15.6. The van der Waals surface area contributed by atoms with E-state index < -0.39 is 5.92 Å². The normalized spacial score (nSPS) is 24.0. The van der Waals surface area contributed by atoms with Gasteiger partial charge in [0, 0.05) is 37.9 Å². The molecule has 0 bridgehead atoms. The SMILES string of the molecule is CC1CNCCN1C(=O)C1CCN(c2ccc(Cl)c(Cl)c2)C1=O.Cl. The lowest BCUT2D eigenvalue weighted by molar-refractivity contribution is -0.142. The lowest BCUT2D eigenvalue weighted by Gasteiger charge is -2.35. The fraction of sp³-hybridized carbons (Fsp3) is 0.500. The van der Waals surface area contributed by atoms with E-state index in [4.69, 9.17) is 23.2 Å². The Morgan fingerprint density at radius 2 is 2.00 bits per heavy atom. The number of amides is 2. The molecule has 2 unspecified atom stereocenters. The van der Waals surface area contributed by atoms with Gasteiger partial charge >= 0.3 is 0 Å². The van der Waals surface area contributed by atoms with Crippen molar-refractivity contribution in [1.29, 1.82) is 0 Å². The first-order valence-corrected chi connectivity index (χ1v) is 8.52. The molecule has 2 fully saturated rings. The number of piperazine rings is 1. The molecule has 2 saturated heterocycles. The molecule has 1 aromatic rings. The minimum atomic E-state index is -0.593. The van der Waals surface area contributed by atoms with Crippen molar-refractivity contribution in [3.05, 3.63) is 28.2 Å². The smallest absolute Gasteiger partial charge is 0.239 e. The van der Waals surface area contributed by atoms with E-state index in [0.717, 1.165) is 13.1 Å². The summed E-state index contributed by atoms with van der Waals surface area (Å²) in [5.41, 5.74) is 0.688. The molecule has 1 N–H and O–H groups in total. The minimum Gasteiger partial charge on any atom is -0.337 e. The third-order valence-corrected chi connectivity index (χ3v) is 5.24. The molecule has 3 rings (SSSR count). The van der Waals surface area contributed by atoms with E-state index >= 15 is 0 Å². The van der Waals surface area contributed by atoms with Crippen molar-refractivity contribution in [2.24, 2.45) is 5.92 Å². The molecule has 24 heavy (non-hydrogen) atoms. The van der Waals surface area contributed by atoms with Crippen LogP contribution in [0.3, 0.4) is 0 Å². The van der Waals surface area contributed by atoms with Crippen LogP contribution in [-0.4, -0.2) is 48.9 Å². The first kappa shape index (κ1) is 19.3. The fourth-order valence-electron chi connectivity index (χ4n) is 3.19. The highest BCUT2D eigenvalue weighted by atomic mass is 35.5. The highest BCUT2D eigenvalue weighted by Gasteiger charge is 2.41. The number of nitrogens with zero attached hydrogens (tertiary/aromatic N) is 2. The highest BCUT2D eigenvalue weighted by Crippen LogP contribution is 2.31. The molecule has 132 valence electrons. The Kier molecular flexibility index (Phi) is 6.37. The summed E-state index contributed by atoms with van der Waals surface area (Å²) in [5.74, 6) is -0.810. The molecule has 5 nitrogen and oxygen atoms in total. The Morgan fingerprint density at radius 1 is 1.25 bits per heavy atom. The van der Waals surface area contributed by atoms with Crippen LogP contribution in [0, 0.1) is 5.92 Å². The number of rotatable bonds is 2. The van der Waals surface area contributed by atoms with Crippen LogP contribution in [0.5, 0.6) is 0 Å². The summed E-state index contributed by atoms with van der Waals surface area (Å²) < 4.78 is 0. The Morgan fingerprint density at radius 3 is 2.67 bits per heavy atom. The number of carbonyl (C=O) groups excluding carboxylic acids is 2. The maximum atomic E-state index is 12.7. The summed E-state index contributed by atoms with van der Waals surface area (Å²) in [6, 6.07) is 5.21. The molecule has 2 amide bonds. The predicted octanol–water partition coefficient (Wildman–Crippen LogP) is 2.59. The summed E-state index contributed by atoms with van der Waals surface area (Å²) in [4.78, 5) is 28.8. The van der Waals surface area contributed by atoms with Gasteiger partial charge in [-0.1, -0.05) is 23.2 Å². The lowest BCUT2D eigenvalue weighted by atomic mass is 10.0. The second kappa shape index (κ2) is 7.91. The Bertz CT molecular complexity index is 641. The Balaban J connectivity index is 0.00000208. The van der Waals surface area contributed by atoms with Crippen molar-refractivity contribution in [3.8, 4) is 0 Å². The number of hydrogen-bond acceptors (Lipinski definition) is 3. The number of carbonyl (C=O) groups is 2. The van der Waals surface area contributed by atoms with Gasteiger partial charge < -0.3 is 15.1 Å². The van der Waals surface area contributed by atoms with Gasteiger partial charge in [0.25, 0.3) is 0 Å². The van der Waals surface area contributed by atoms with E-state index in [2.05, 4.69) is 5.32 Å². The average Bonchev–Trinajstić information content (AvgIpc) is 2.91. The van der Waals surface area contributed by atoms with E-state index in [0.29, 0.717) is 35.2 Å². The van der Waals surface area contributed by atoms with Gasteiger partial charge in [-0.05, 0) is 31.5 Å². The van der Waals surface area contributed by atoms with E-state index in [9.17, 15) is 9.59 Å². The van der Waals surface area contributed by atoms with Crippen molar-refractivity contribution in [2.75, 3.05) is 31.1 Å². The number of nitrogens with one attached hydrogen (secondary N) is 1. The summed E-state index contributed by atoms with van der Waals surface area (Å²) in [7, 11) is 0. The minimum absolute atomic E-state index is 0. The summed E-state index contributed by atoms with van der Waals surface area (Å²) in [5, 5.41) is 4.10. The third kappa shape index (κ3) is 3.64. The second-order valence-corrected chi connectivity index (χ2v) is 6.83. The number of hydrogen-bond donors (Lipinski definition) is 1. The van der Waals surface area contributed by atoms with Gasteiger partial charge in [0.2, 0.25) is 11.8 Å². The van der Waals surface area contributed by atoms with Gasteiger partial charge in [-0.25, -0.2) is 0 Å².